The highest BCUT2D eigenvalue weighted by Gasteiger charge is 2.05. The van der Waals surface area contributed by atoms with Gasteiger partial charge in [0.2, 0.25) is 5.91 Å². The Hall–Kier alpha value is -0.670. The van der Waals surface area contributed by atoms with Gasteiger partial charge in [-0.25, -0.2) is 0 Å². The highest BCUT2D eigenvalue weighted by Crippen LogP contribution is 2.20. The summed E-state index contributed by atoms with van der Waals surface area (Å²) < 4.78 is 0. The lowest BCUT2D eigenvalue weighted by Gasteiger charge is -2.07. The zero-order valence-electron chi connectivity index (χ0n) is 9.50. The van der Waals surface area contributed by atoms with E-state index >= 15 is 0 Å². The lowest BCUT2D eigenvalue weighted by molar-refractivity contribution is -0.113. The quantitative estimate of drug-likeness (QED) is 0.872. The first-order valence-corrected chi connectivity index (χ1v) is 6.75. The van der Waals surface area contributed by atoms with Crippen molar-refractivity contribution in [1.29, 1.82) is 0 Å². The van der Waals surface area contributed by atoms with Crippen LogP contribution in [0.2, 0.25) is 5.02 Å². The van der Waals surface area contributed by atoms with Gasteiger partial charge in [-0.3, -0.25) is 4.79 Å². The number of rotatable bonds is 5. The van der Waals surface area contributed by atoms with Crippen molar-refractivity contribution in [3.63, 3.8) is 0 Å². The van der Waals surface area contributed by atoms with Gasteiger partial charge >= 0.3 is 0 Å². The molecular formula is C12H16ClNOS. The van der Waals surface area contributed by atoms with Crippen molar-refractivity contribution in [2.45, 2.75) is 13.8 Å². The highest BCUT2D eigenvalue weighted by atomic mass is 35.5. The Morgan fingerprint density at radius 3 is 2.75 bits per heavy atom. The second kappa shape index (κ2) is 6.81. The molecule has 1 rings (SSSR count). The number of hydrogen-bond acceptors (Lipinski definition) is 2. The van der Waals surface area contributed by atoms with Crippen LogP contribution < -0.4 is 5.32 Å². The lowest BCUT2D eigenvalue weighted by Crippen LogP contribution is -2.15. The van der Waals surface area contributed by atoms with Crippen LogP contribution in [0.4, 0.5) is 5.69 Å². The van der Waals surface area contributed by atoms with Gasteiger partial charge < -0.3 is 5.32 Å². The van der Waals surface area contributed by atoms with Crippen LogP contribution in [0.5, 0.6) is 0 Å². The summed E-state index contributed by atoms with van der Waals surface area (Å²) in [4.78, 5) is 11.6. The minimum absolute atomic E-state index is 0.00116. The SMILES string of the molecule is CC(C)CSCC(=O)Nc1ccccc1Cl. The van der Waals surface area contributed by atoms with Crippen LogP contribution in [0.15, 0.2) is 24.3 Å². The minimum Gasteiger partial charge on any atom is -0.324 e. The number of nitrogens with one attached hydrogen (secondary N) is 1. The van der Waals surface area contributed by atoms with E-state index in [0.29, 0.717) is 22.4 Å². The van der Waals surface area contributed by atoms with E-state index in [1.807, 2.05) is 12.1 Å². The summed E-state index contributed by atoms with van der Waals surface area (Å²) in [5.41, 5.74) is 0.680. The van der Waals surface area contributed by atoms with Crippen molar-refractivity contribution in [1.82, 2.24) is 0 Å². The Bertz CT molecular complexity index is 355. The Morgan fingerprint density at radius 1 is 1.44 bits per heavy atom. The Morgan fingerprint density at radius 2 is 2.12 bits per heavy atom. The second-order valence-corrected chi connectivity index (χ2v) is 5.37. The summed E-state index contributed by atoms with van der Waals surface area (Å²) in [5.74, 6) is 2.08. The standard InChI is InChI=1S/C12H16ClNOS/c1-9(2)7-16-8-12(15)14-11-6-4-3-5-10(11)13/h3-6,9H,7-8H2,1-2H3,(H,14,15). The van der Waals surface area contributed by atoms with E-state index < -0.39 is 0 Å². The molecule has 1 N–H and O–H groups in total. The number of hydrogen-bond donors (Lipinski definition) is 1. The molecule has 0 heterocycles. The number of benzene rings is 1. The van der Waals surface area contributed by atoms with Gasteiger partial charge in [0.15, 0.2) is 0 Å². The molecule has 1 amide bonds. The van der Waals surface area contributed by atoms with Crippen LogP contribution in [0.25, 0.3) is 0 Å². The molecule has 0 aliphatic carbocycles. The predicted octanol–water partition coefficient (Wildman–Crippen LogP) is 3.67. The molecule has 2 nitrogen and oxygen atoms in total. The molecule has 0 bridgehead atoms. The topological polar surface area (TPSA) is 29.1 Å². The van der Waals surface area contributed by atoms with E-state index in [1.165, 1.54) is 0 Å². The van der Waals surface area contributed by atoms with Crippen LogP contribution in [0.3, 0.4) is 0 Å². The molecule has 4 heteroatoms. The summed E-state index contributed by atoms with van der Waals surface area (Å²) in [6, 6.07) is 7.25. The van der Waals surface area contributed by atoms with Crippen LogP contribution in [0.1, 0.15) is 13.8 Å². The van der Waals surface area contributed by atoms with E-state index in [2.05, 4.69) is 19.2 Å². The van der Waals surface area contributed by atoms with E-state index in [9.17, 15) is 4.79 Å². The fourth-order valence-corrected chi connectivity index (χ4v) is 2.17. The molecule has 1 aromatic rings. The summed E-state index contributed by atoms with van der Waals surface area (Å²) >= 11 is 7.57. The molecule has 0 aliphatic heterocycles. The van der Waals surface area contributed by atoms with Gasteiger partial charge in [-0.05, 0) is 23.8 Å². The zero-order valence-corrected chi connectivity index (χ0v) is 11.1. The van der Waals surface area contributed by atoms with Crippen molar-refractivity contribution in [2.24, 2.45) is 5.92 Å². The Kier molecular flexibility index (Phi) is 5.71. The summed E-state index contributed by atoms with van der Waals surface area (Å²) in [7, 11) is 0. The van der Waals surface area contributed by atoms with Gasteiger partial charge in [0, 0.05) is 0 Å². The molecule has 0 aromatic heterocycles. The molecular weight excluding hydrogens is 242 g/mol. The third-order valence-corrected chi connectivity index (χ3v) is 3.53. The molecule has 0 atom stereocenters. The van der Waals surface area contributed by atoms with Crippen molar-refractivity contribution < 1.29 is 4.79 Å². The maximum Gasteiger partial charge on any atom is 0.234 e. The van der Waals surface area contributed by atoms with Crippen LogP contribution in [-0.4, -0.2) is 17.4 Å². The lowest BCUT2D eigenvalue weighted by atomic mass is 10.3. The summed E-state index contributed by atoms with van der Waals surface area (Å²) in [6.45, 7) is 4.28. The first kappa shape index (κ1) is 13.4. The van der Waals surface area contributed by atoms with Crippen LogP contribution in [0, 0.1) is 5.92 Å². The largest absolute Gasteiger partial charge is 0.324 e. The second-order valence-electron chi connectivity index (χ2n) is 3.94. The average Bonchev–Trinajstić information content (AvgIpc) is 2.21. The minimum atomic E-state index is -0.00116. The number of para-hydroxylation sites is 1. The molecule has 0 unspecified atom stereocenters. The van der Waals surface area contributed by atoms with Gasteiger partial charge in [0.25, 0.3) is 0 Å². The molecule has 88 valence electrons. The van der Waals surface area contributed by atoms with Gasteiger partial charge in [0.05, 0.1) is 16.5 Å². The van der Waals surface area contributed by atoms with Crippen molar-refractivity contribution in [3.05, 3.63) is 29.3 Å². The number of halogens is 1. The molecule has 0 radical (unpaired) electrons. The van der Waals surface area contributed by atoms with E-state index in [0.717, 1.165) is 5.75 Å². The zero-order chi connectivity index (χ0) is 12.0. The van der Waals surface area contributed by atoms with Gasteiger partial charge in [-0.2, -0.15) is 11.8 Å². The molecule has 0 aliphatic rings. The molecule has 0 fully saturated rings. The maximum atomic E-state index is 11.6. The van der Waals surface area contributed by atoms with Gasteiger partial charge in [-0.15, -0.1) is 0 Å². The van der Waals surface area contributed by atoms with Crippen molar-refractivity contribution in [3.8, 4) is 0 Å². The van der Waals surface area contributed by atoms with E-state index in [4.69, 9.17) is 11.6 Å². The van der Waals surface area contributed by atoms with Gasteiger partial charge in [0.1, 0.15) is 0 Å². The summed E-state index contributed by atoms with van der Waals surface area (Å²) in [6.07, 6.45) is 0. The Balaban J connectivity index is 2.37. The number of carbonyl (C=O) groups is 1. The van der Waals surface area contributed by atoms with E-state index in [1.54, 1.807) is 23.9 Å². The normalized spacial score (nSPS) is 10.5. The highest BCUT2D eigenvalue weighted by molar-refractivity contribution is 7.99. The van der Waals surface area contributed by atoms with Crippen molar-refractivity contribution in [2.75, 3.05) is 16.8 Å². The number of carbonyl (C=O) groups excluding carboxylic acids is 1. The van der Waals surface area contributed by atoms with Crippen molar-refractivity contribution >= 4 is 35.0 Å². The average molecular weight is 258 g/mol. The molecule has 16 heavy (non-hydrogen) atoms. The Labute approximate surface area is 106 Å². The van der Waals surface area contributed by atoms with E-state index in [-0.39, 0.29) is 5.91 Å². The third kappa shape index (κ3) is 4.90. The molecule has 1 aromatic carbocycles. The monoisotopic (exact) mass is 257 g/mol. The first-order chi connectivity index (χ1) is 7.59. The number of thioether (sulfide) groups is 1. The molecule has 0 saturated carbocycles. The predicted molar refractivity (Wildman–Crippen MR) is 72.2 cm³/mol. The molecule has 0 spiro atoms. The summed E-state index contributed by atoms with van der Waals surface area (Å²) in [5, 5.41) is 3.37. The third-order valence-electron chi connectivity index (χ3n) is 1.83. The number of anilines is 1. The number of amides is 1. The fourth-order valence-electron chi connectivity index (χ4n) is 1.14. The first-order valence-electron chi connectivity index (χ1n) is 5.21. The van der Waals surface area contributed by atoms with Crippen LogP contribution in [-0.2, 0) is 4.79 Å². The fraction of sp³-hybridized carbons (Fsp3) is 0.417. The van der Waals surface area contributed by atoms with Crippen LogP contribution >= 0.6 is 23.4 Å². The maximum absolute atomic E-state index is 11.6. The smallest absolute Gasteiger partial charge is 0.234 e. The van der Waals surface area contributed by atoms with Gasteiger partial charge in [-0.1, -0.05) is 37.6 Å². The molecule has 0 saturated heterocycles.